The van der Waals surface area contributed by atoms with Crippen LogP contribution in [0.3, 0.4) is 0 Å². The third kappa shape index (κ3) is 3.13. The molecule has 0 aromatic heterocycles. The van der Waals surface area contributed by atoms with E-state index in [1.807, 2.05) is 13.8 Å². The van der Waals surface area contributed by atoms with Gasteiger partial charge in [0.2, 0.25) is 0 Å². The van der Waals surface area contributed by atoms with Gasteiger partial charge in [0.25, 0.3) is 0 Å². The van der Waals surface area contributed by atoms with Crippen molar-refractivity contribution in [3.8, 4) is 11.5 Å². The fourth-order valence-corrected chi connectivity index (χ4v) is 1.64. The predicted molar refractivity (Wildman–Crippen MR) is 65.8 cm³/mol. The highest BCUT2D eigenvalue weighted by atomic mass is 79.9. The van der Waals surface area contributed by atoms with Gasteiger partial charge < -0.3 is 14.7 Å². The Balaban J connectivity index is 3.17. The summed E-state index contributed by atoms with van der Waals surface area (Å²) >= 11 is 3.35. The van der Waals surface area contributed by atoms with Crippen molar-refractivity contribution in [1.29, 1.82) is 0 Å². The van der Waals surface area contributed by atoms with Crippen molar-refractivity contribution in [2.75, 3.05) is 7.11 Å². The Bertz CT molecular complexity index is 391. The second-order valence-corrected chi connectivity index (χ2v) is 4.29. The Morgan fingerprint density at radius 3 is 2.56 bits per heavy atom. The lowest BCUT2D eigenvalue weighted by molar-refractivity contribution is 0.230. The van der Waals surface area contributed by atoms with Crippen LogP contribution in [0.4, 0.5) is 0 Å². The zero-order valence-corrected chi connectivity index (χ0v) is 11.0. The summed E-state index contributed by atoms with van der Waals surface area (Å²) in [5.41, 5.74) is 0.721. The fraction of sp³-hybridized carbons (Fsp3) is 0.364. The van der Waals surface area contributed by atoms with Crippen molar-refractivity contribution in [3.05, 3.63) is 22.2 Å². The lowest BCUT2D eigenvalue weighted by Gasteiger charge is -2.14. The Morgan fingerprint density at radius 1 is 1.38 bits per heavy atom. The number of nitrogens with zero attached hydrogens (tertiary/aromatic N) is 1. The van der Waals surface area contributed by atoms with E-state index >= 15 is 0 Å². The summed E-state index contributed by atoms with van der Waals surface area (Å²) in [6, 6.07) is 3.53. The molecule has 0 saturated heterocycles. The van der Waals surface area contributed by atoms with Gasteiger partial charge in [-0.15, -0.1) is 0 Å². The molecule has 1 rings (SSSR count). The van der Waals surface area contributed by atoms with E-state index in [-0.39, 0.29) is 6.10 Å². The van der Waals surface area contributed by atoms with Crippen molar-refractivity contribution < 1.29 is 14.7 Å². The average molecular weight is 288 g/mol. The lowest BCUT2D eigenvalue weighted by atomic mass is 10.2. The molecule has 0 bridgehead atoms. The molecule has 0 atom stereocenters. The van der Waals surface area contributed by atoms with Crippen molar-refractivity contribution >= 4 is 22.1 Å². The van der Waals surface area contributed by atoms with Crippen LogP contribution in [0.25, 0.3) is 0 Å². The molecule has 1 aromatic rings. The molecule has 0 saturated carbocycles. The molecule has 1 N–H and O–H groups in total. The third-order valence-corrected chi connectivity index (χ3v) is 2.53. The summed E-state index contributed by atoms with van der Waals surface area (Å²) in [5.74, 6) is 1.26. The number of rotatable bonds is 4. The molecule has 0 spiro atoms. The molecule has 0 aliphatic heterocycles. The first-order valence-electron chi connectivity index (χ1n) is 4.80. The average Bonchev–Trinajstić information content (AvgIpc) is 2.22. The molecule has 0 aliphatic rings. The molecule has 4 nitrogen and oxygen atoms in total. The topological polar surface area (TPSA) is 51.0 Å². The van der Waals surface area contributed by atoms with Gasteiger partial charge >= 0.3 is 0 Å². The van der Waals surface area contributed by atoms with Crippen molar-refractivity contribution in [2.24, 2.45) is 5.16 Å². The van der Waals surface area contributed by atoms with E-state index in [0.29, 0.717) is 11.5 Å². The monoisotopic (exact) mass is 287 g/mol. The summed E-state index contributed by atoms with van der Waals surface area (Å²) in [6.45, 7) is 3.86. The fourth-order valence-electron chi connectivity index (χ4n) is 1.22. The van der Waals surface area contributed by atoms with Crippen LogP contribution < -0.4 is 9.47 Å². The number of hydrogen-bond donors (Lipinski definition) is 1. The van der Waals surface area contributed by atoms with Gasteiger partial charge in [0.15, 0.2) is 11.5 Å². The first-order valence-corrected chi connectivity index (χ1v) is 5.59. The van der Waals surface area contributed by atoms with Gasteiger partial charge in [-0.2, -0.15) is 0 Å². The summed E-state index contributed by atoms with van der Waals surface area (Å²) < 4.78 is 11.6. The molecule has 5 heteroatoms. The highest BCUT2D eigenvalue weighted by Gasteiger charge is 2.10. The molecule has 88 valence electrons. The first-order chi connectivity index (χ1) is 7.58. The van der Waals surface area contributed by atoms with Crippen molar-refractivity contribution in [1.82, 2.24) is 0 Å². The van der Waals surface area contributed by atoms with Crippen LogP contribution in [-0.4, -0.2) is 24.6 Å². The minimum absolute atomic E-state index is 0.0500. The van der Waals surface area contributed by atoms with E-state index in [0.717, 1.165) is 10.0 Å². The number of hydrogen-bond acceptors (Lipinski definition) is 4. The zero-order valence-electron chi connectivity index (χ0n) is 9.40. The quantitative estimate of drug-likeness (QED) is 0.526. The number of benzene rings is 1. The van der Waals surface area contributed by atoms with Crippen molar-refractivity contribution in [3.63, 3.8) is 0 Å². The maximum atomic E-state index is 8.52. The van der Waals surface area contributed by atoms with Gasteiger partial charge in [0.1, 0.15) is 0 Å². The summed E-state index contributed by atoms with van der Waals surface area (Å²) in [6.07, 6.45) is 1.38. The van der Waals surface area contributed by atoms with Crippen LogP contribution in [0.5, 0.6) is 11.5 Å². The molecule has 16 heavy (non-hydrogen) atoms. The Labute approximate surface area is 103 Å². The Hall–Kier alpha value is -1.23. The molecular formula is C11H14BrNO3. The second-order valence-electron chi connectivity index (χ2n) is 3.44. The molecule has 0 amide bonds. The van der Waals surface area contributed by atoms with Gasteiger partial charge in [-0.3, -0.25) is 0 Å². The van der Waals surface area contributed by atoms with Crippen LogP contribution in [-0.2, 0) is 0 Å². The molecule has 0 unspecified atom stereocenters. The van der Waals surface area contributed by atoms with Crippen LogP contribution in [0, 0.1) is 0 Å². The molecule has 0 fully saturated rings. The van der Waals surface area contributed by atoms with Gasteiger partial charge in [0.05, 0.1) is 19.4 Å². The van der Waals surface area contributed by atoms with E-state index in [1.165, 1.54) is 6.21 Å². The number of halogens is 1. The van der Waals surface area contributed by atoms with Gasteiger partial charge in [0, 0.05) is 10.0 Å². The lowest BCUT2D eigenvalue weighted by Crippen LogP contribution is -2.07. The van der Waals surface area contributed by atoms with Crippen LogP contribution in [0.2, 0.25) is 0 Å². The summed E-state index contributed by atoms with van der Waals surface area (Å²) in [4.78, 5) is 0. The zero-order chi connectivity index (χ0) is 12.1. The van der Waals surface area contributed by atoms with E-state index in [9.17, 15) is 0 Å². The van der Waals surface area contributed by atoms with Crippen molar-refractivity contribution in [2.45, 2.75) is 20.0 Å². The van der Waals surface area contributed by atoms with E-state index in [2.05, 4.69) is 21.1 Å². The predicted octanol–water partition coefficient (Wildman–Crippen LogP) is 3.05. The molecule has 0 aliphatic carbocycles. The van der Waals surface area contributed by atoms with E-state index in [1.54, 1.807) is 19.2 Å². The minimum Gasteiger partial charge on any atom is -0.493 e. The normalized spacial score (nSPS) is 11.1. The Kier molecular flexibility index (Phi) is 4.61. The number of methoxy groups -OCH3 is 1. The first kappa shape index (κ1) is 12.8. The maximum absolute atomic E-state index is 8.52. The van der Waals surface area contributed by atoms with Crippen LogP contribution >= 0.6 is 15.9 Å². The van der Waals surface area contributed by atoms with Gasteiger partial charge in [-0.25, -0.2) is 0 Å². The molecule has 0 radical (unpaired) electrons. The number of oxime groups is 1. The molecular weight excluding hydrogens is 274 g/mol. The largest absolute Gasteiger partial charge is 0.493 e. The standard InChI is InChI=1S/C11H14BrNO3/c1-7(2)16-11-4-8(6-13-14)9(12)5-10(11)15-3/h4-7,14H,1-3H3/b13-6+. The smallest absolute Gasteiger partial charge is 0.162 e. The molecule has 1 aromatic carbocycles. The molecule has 0 heterocycles. The SMILES string of the molecule is COc1cc(Br)c(/C=N/O)cc1OC(C)C. The van der Waals surface area contributed by atoms with E-state index in [4.69, 9.17) is 14.7 Å². The minimum atomic E-state index is 0.0500. The highest BCUT2D eigenvalue weighted by molar-refractivity contribution is 9.10. The third-order valence-electron chi connectivity index (χ3n) is 1.84. The highest BCUT2D eigenvalue weighted by Crippen LogP contribution is 2.33. The summed E-state index contributed by atoms with van der Waals surface area (Å²) in [5, 5.41) is 11.5. The van der Waals surface area contributed by atoms with Gasteiger partial charge in [-0.1, -0.05) is 5.16 Å². The second kappa shape index (κ2) is 5.75. The number of ether oxygens (including phenoxy) is 2. The van der Waals surface area contributed by atoms with E-state index < -0.39 is 0 Å². The van der Waals surface area contributed by atoms with Crippen LogP contribution in [0.15, 0.2) is 21.8 Å². The summed E-state index contributed by atoms with van der Waals surface area (Å²) in [7, 11) is 1.58. The van der Waals surface area contributed by atoms with Crippen LogP contribution in [0.1, 0.15) is 19.4 Å². The van der Waals surface area contributed by atoms with Gasteiger partial charge in [-0.05, 0) is 41.9 Å². The maximum Gasteiger partial charge on any atom is 0.162 e. The Morgan fingerprint density at radius 2 is 2.06 bits per heavy atom.